The monoisotopic (exact) mass is 607 g/mol. The molecule has 9 nitrogen and oxygen atoms in total. The van der Waals surface area contributed by atoms with Crippen LogP contribution in [0.1, 0.15) is 96.7 Å². The average Bonchev–Trinajstić information content (AvgIpc) is 3.04. The van der Waals surface area contributed by atoms with Crippen LogP contribution in [0.2, 0.25) is 0 Å². The molecule has 0 spiro atoms. The first-order valence-electron chi connectivity index (χ1n) is 16.3. The maximum Gasteiger partial charge on any atom is 0.258 e. The standard InChI is InChI=1S/C35H53N5O4/c1-8-10-15-24(5)25(6)32(41)37-31(23(3)4)33(42)36-26(7)34(43)40-21-14-18-29(38-40)35(44)39-20-12-11-19-30(39)28-17-13-16-27(9-2)22-28/h8-9,13,16-17,22-26,29-31,38H,1-2,10-12,14-15,18-21H2,3-7H3,(H,36,42)(H,37,41). The van der Waals surface area contributed by atoms with E-state index in [4.69, 9.17) is 0 Å². The third-order valence-electron chi connectivity index (χ3n) is 9.14. The fourth-order valence-corrected chi connectivity index (χ4v) is 6.07. The molecule has 0 aromatic heterocycles. The Bertz CT molecular complexity index is 1180. The van der Waals surface area contributed by atoms with Crippen LogP contribution in [0, 0.1) is 17.8 Å². The predicted octanol–water partition coefficient (Wildman–Crippen LogP) is 4.76. The summed E-state index contributed by atoms with van der Waals surface area (Å²) in [5.41, 5.74) is 5.30. The van der Waals surface area contributed by atoms with Crippen molar-refractivity contribution in [2.45, 2.75) is 104 Å². The molecule has 2 heterocycles. The van der Waals surface area contributed by atoms with Gasteiger partial charge in [0.1, 0.15) is 18.1 Å². The van der Waals surface area contributed by atoms with Crippen LogP contribution in [0.4, 0.5) is 0 Å². The normalized spacial score (nSPS) is 21.5. The molecule has 9 heteroatoms. The summed E-state index contributed by atoms with van der Waals surface area (Å²) in [6.45, 7) is 18.0. The van der Waals surface area contributed by atoms with Gasteiger partial charge in [0, 0.05) is 19.0 Å². The Balaban J connectivity index is 1.62. The highest BCUT2D eigenvalue weighted by Gasteiger charge is 2.37. The van der Waals surface area contributed by atoms with Crippen molar-refractivity contribution in [3.05, 3.63) is 54.6 Å². The summed E-state index contributed by atoms with van der Waals surface area (Å²) >= 11 is 0. The zero-order valence-electron chi connectivity index (χ0n) is 27.3. The lowest BCUT2D eigenvalue weighted by atomic mass is 9.90. The zero-order chi connectivity index (χ0) is 32.4. The molecule has 2 saturated heterocycles. The number of hydrogen-bond acceptors (Lipinski definition) is 5. The minimum absolute atomic E-state index is 0.00748. The summed E-state index contributed by atoms with van der Waals surface area (Å²) in [6, 6.07) is 6.01. The topological polar surface area (TPSA) is 111 Å². The number of carbonyl (C=O) groups is 4. The molecule has 6 atom stereocenters. The first-order valence-corrected chi connectivity index (χ1v) is 16.3. The molecule has 0 saturated carbocycles. The Kier molecular flexibility index (Phi) is 13.2. The highest BCUT2D eigenvalue weighted by molar-refractivity contribution is 5.92. The summed E-state index contributed by atoms with van der Waals surface area (Å²) < 4.78 is 0. The first-order chi connectivity index (χ1) is 21.0. The van der Waals surface area contributed by atoms with E-state index in [2.05, 4.69) is 41.3 Å². The number of hydrogen-bond donors (Lipinski definition) is 3. The third kappa shape index (κ3) is 9.03. The number of benzene rings is 1. The van der Waals surface area contributed by atoms with Crippen molar-refractivity contribution in [3.8, 4) is 0 Å². The lowest BCUT2D eigenvalue weighted by molar-refractivity contribution is -0.147. The van der Waals surface area contributed by atoms with E-state index >= 15 is 0 Å². The van der Waals surface area contributed by atoms with E-state index in [1.54, 1.807) is 6.92 Å². The molecule has 1 aromatic rings. The molecule has 4 amide bonds. The number of hydrazine groups is 1. The molecule has 3 N–H and O–H groups in total. The number of likely N-dealkylation sites (tertiary alicyclic amines) is 1. The SMILES string of the molecule is C=CCCC(C)C(C)C(=O)NC(C(=O)NC(C)C(=O)N1CCCC(C(=O)N2CCCCC2c2cccc(C=C)c2)N1)C(C)C. The van der Waals surface area contributed by atoms with Crippen LogP contribution in [0.3, 0.4) is 0 Å². The van der Waals surface area contributed by atoms with Gasteiger partial charge in [-0.25, -0.2) is 5.43 Å². The van der Waals surface area contributed by atoms with Crippen molar-refractivity contribution in [1.29, 1.82) is 0 Å². The lowest BCUT2D eigenvalue weighted by Gasteiger charge is -2.41. The minimum Gasteiger partial charge on any atom is -0.344 e. The van der Waals surface area contributed by atoms with Crippen molar-refractivity contribution in [2.75, 3.05) is 13.1 Å². The predicted molar refractivity (Wildman–Crippen MR) is 175 cm³/mol. The number of amides is 4. The fraction of sp³-hybridized carbons (Fsp3) is 0.600. The summed E-state index contributed by atoms with van der Waals surface area (Å²) in [7, 11) is 0. The number of rotatable bonds is 13. The van der Waals surface area contributed by atoms with Gasteiger partial charge in [-0.2, -0.15) is 0 Å². The van der Waals surface area contributed by atoms with Gasteiger partial charge in [0.15, 0.2) is 0 Å². The quantitative estimate of drug-likeness (QED) is 0.280. The van der Waals surface area contributed by atoms with Crippen molar-refractivity contribution in [3.63, 3.8) is 0 Å². The van der Waals surface area contributed by atoms with E-state index < -0.39 is 24.0 Å². The van der Waals surface area contributed by atoms with Gasteiger partial charge >= 0.3 is 0 Å². The van der Waals surface area contributed by atoms with E-state index in [0.717, 1.165) is 43.2 Å². The lowest BCUT2D eigenvalue weighted by Crippen LogP contribution is -2.62. The minimum atomic E-state index is -0.838. The Morgan fingerprint density at radius 3 is 2.41 bits per heavy atom. The number of nitrogens with one attached hydrogen (secondary N) is 3. The third-order valence-corrected chi connectivity index (χ3v) is 9.14. The molecule has 2 aliphatic heterocycles. The van der Waals surface area contributed by atoms with Crippen molar-refractivity contribution >= 4 is 29.7 Å². The zero-order valence-corrected chi connectivity index (χ0v) is 27.3. The number of carbonyl (C=O) groups excluding carboxylic acids is 4. The average molecular weight is 608 g/mol. The number of allylic oxidation sites excluding steroid dienone is 1. The smallest absolute Gasteiger partial charge is 0.258 e. The van der Waals surface area contributed by atoms with Gasteiger partial charge in [0.05, 0.1) is 6.04 Å². The molecule has 242 valence electrons. The molecule has 0 bridgehead atoms. The largest absolute Gasteiger partial charge is 0.344 e. The first kappa shape index (κ1) is 35.0. The van der Waals surface area contributed by atoms with Gasteiger partial charge in [0.2, 0.25) is 17.7 Å². The van der Waals surface area contributed by atoms with Gasteiger partial charge < -0.3 is 15.5 Å². The molecular formula is C35H53N5O4. The van der Waals surface area contributed by atoms with Crippen molar-refractivity contribution in [1.82, 2.24) is 26.0 Å². The maximum atomic E-state index is 13.8. The van der Waals surface area contributed by atoms with Crippen LogP contribution in [0.5, 0.6) is 0 Å². The Morgan fingerprint density at radius 1 is 0.977 bits per heavy atom. The molecule has 6 unspecified atom stereocenters. The van der Waals surface area contributed by atoms with Crippen LogP contribution in [0.25, 0.3) is 6.08 Å². The highest BCUT2D eigenvalue weighted by atomic mass is 16.2. The van der Waals surface area contributed by atoms with E-state index in [0.29, 0.717) is 25.9 Å². The van der Waals surface area contributed by atoms with Gasteiger partial charge in [0.25, 0.3) is 5.91 Å². The van der Waals surface area contributed by atoms with Crippen LogP contribution >= 0.6 is 0 Å². The van der Waals surface area contributed by atoms with E-state index in [1.807, 2.05) is 56.9 Å². The molecular weight excluding hydrogens is 554 g/mol. The summed E-state index contributed by atoms with van der Waals surface area (Å²) in [4.78, 5) is 55.5. The van der Waals surface area contributed by atoms with Crippen LogP contribution in [-0.4, -0.2) is 64.8 Å². The molecule has 0 aliphatic carbocycles. The van der Waals surface area contributed by atoms with Gasteiger partial charge in [-0.05, 0) is 80.9 Å². The van der Waals surface area contributed by atoms with Crippen LogP contribution < -0.4 is 16.1 Å². The molecule has 2 aliphatic rings. The van der Waals surface area contributed by atoms with Gasteiger partial charge in [-0.15, -0.1) is 6.58 Å². The van der Waals surface area contributed by atoms with E-state index in [-0.39, 0.29) is 41.5 Å². The summed E-state index contributed by atoms with van der Waals surface area (Å²) in [5.74, 6) is -1.19. The molecule has 2 fully saturated rings. The van der Waals surface area contributed by atoms with E-state index in [9.17, 15) is 19.2 Å². The summed E-state index contributed by atoms with van der Waals surface area (Å²) in [5, 5.41) is 7.19. The number of nitrogens with zero attached hydrogens (tertiary/aromatic N) is 2. The fourth-order valence-electron chi connectivity index (χ4n) is 6.07. The Labute approximate surface area is 263 Å². The summed E-state index contributed by atoms with van der Waals surface area (Å²) in [6.07, 6.45) is 9.52. The second kappa shape index (κ2) is 16.6. The Morgan fingerprint density at radius 2 is 1.73 bits per heavy atom. The van der Waals surface area contributed by atoms with Gasteiger partial charge in [-0.3, -0.25) is 24.2 Å². The molecule has 0 radical (unpaired) electrons. The molecule has 44 heavy (non-hydrogen) atoms. The van der Waals surface area contributed by atoms with Crippen molar-refractivity contribution < 1.29 is 19.2 Å². The van der Waals surface area contributed by atoms with Crippen LogP contribution in [-0.2, 0) is 19.2 Å². The van der Waals surface area contributed by atoms with Crippen molar-refractivity contribution in [2.24, 2.45) is 17.8 Å². The van der Waals surface area contributed by atoms with Gasteiger partial charge in [-0.1, -0.05) is 64.6 Å². The van der Waals surface area contributed by atoms with E-state index in [1.165, 1.54) is 5.01 Å². The second-order valence-corrected chi connectivity index (χ2v) is 12.8. The van der Waals surface area contributed by atoms with Crippen LogP contribution in [0.15, 0.2) is 43.5 Å². The molecule has 1 aromatic carbocycles. The highest BCUT2D eigenvalue weighted by Crippen LogP contribution is 2.32. The maximum absolute atomic E-state index is 13.8. The number of piperidine rings is 1. The molecule has 3 rings (SSSR count). The Hall–Kier alpha value is -3.46. The second-order valence-electron chi connectivity index (χ2n) is 12.8.